The maximum absolute atomic E-state index is 5.71. The van der Waals surface area contributed by atoms with E-state index in [0.29, 0.717) is 5.96 Å². The maximum Gasteiger partial charge on any atom is 0.188 e. The summed E-state index contributed by atoms with van der Waals surface area (Å²) < 4.78 is 0. The number of hydrogen-bond donors (Lipinski definition) is 2. The first-order valence-corrected chi connectivity index (χ1v) is 7.70. The number of aliphatic imine (C=N–C) groups is 1. The van der Waals surface area contributed by atoms with Crippen molar-refractivity contribution in [2.45, 2.75) is 20.0 Å². The van der Waals surface area contributed by atoms with Crippen LogP contribution in [0.5, 0.6) is 0 Å². The zero-order chi connectivity index (χ0) is 15.1. The van der Waals surface area contributed by atoms with Gasteiger partial charge in [-0.05, 0) is 17.7 Å². The lowest BCUT2D eigenvalue weighted by Crippen LogP contribution is -2.45. The molecule has 0 bridgehead atoms. The minimum absolute atomic E-state index is 0. The SMILES string of the molecule is CCN1CCN(Cc2ccccc2CNC(N)=NC)CC1.I. The van der Waals surface area contributed by atoms with Gasteiger partial charge < -0.3 is 16.0 Å². The molecule has 22 heavy (non-hydrogen) atoms. The van der Waals surface area contributed by atoms with Crippen LogP contribution in [-0.2, 0) is 13.1 Å². The summed E-state index contributed by atoms with van der Waals surface area (Å²) in [7, 11) is 1.70. The smallest absolute Gasteiger partial charge is 0.188 e. The lowest BCUT2D eigenvalue weighted by Gasteiger charge is -2.34. The molecule has 1 aliphatic heterocycles. The molecule has 1 saturated heterocycles. The third kappa shape index (κ3) is 5.73. The molecule has 0 aliphatic carbocycles. The van der Waals surface area contributed by atoms with Gasteiger partial charge in [0.25, 0.3) is 0 Å². The second-order valence-electron chi connectivity index (χ2n) is 5.44. The molecule has 5 nitrogen and oxygen atoms in total. The molecule has 3 N–H and O–H groups in total. The molecule has 1 aromatic rings. The minimum atomic E-state index is 0. The molecule has 1 fully saturated rings. The van der Waals surface area contributed by atoms with E-state index in [0.717, 1.165) is 32.7 Å². The van der Waals surface area contributed by atoms with E-state index in [1.165, 1.54) is 24.2 Å². The van der Waals surface area contributed by atoms with Crippen molar-refractivity contribution in [2.24, 2.45) is 10.7 Å². The number of halogens is 1. The fraction of sp³-hybridized carbons (Fsp3) is 0.562. The van der Waals surface area contributed by atoms with Crippen LogP contribution in [0.1, 0.15) is 18.1 Å². The highest BCUT2D eigenvalue weighted by atomic mass is 127. The number of guanidine groups is 1. The van der Waals surface area contributed by atoms with Crippen molar-refractivity contribution in [2.75, 3.05) is 39.8 Å². The third-order valence-corrected chi connectivity index (χ3v) is 4.13. The Kier molecular flexibility index (Phi) is 8.74. The van der Waals surface area contributed by atoms with Gasteiger partial charge >= 0.3 is 0 Å². The summed E-state index contributed by atoms with van der Waals surface area (Å²) in [5, 5.41) is 3.14. The molecule has 124 valence electrons. The number of benzene rings is 1. The average molecular weight is 417 g/mol. The van der Waals surface area contributed by atoms with Gasteiger partial charge in [0.2, 0.25) is 0 Å². The van der Waals surface area contributed by atoms with Crippen LogP contribution in [-0.4, -0.2) is 55.5 Å². The molecule has 0 saturated carbocycles. The predicted molar refractivity (Wildman–Crippen MR) is 104 cm³/mol. The van der Waals surface area contributed by atoms with E-state index in [1.54, 1.807) is 7.05 Å². The van der Waals surface area contributed by atoms with Crippen LogP contribution in [0.2, 0.25) is 0 Å². The molecule has 0 radical (unpaired) electrons. The summed E-state index contributed by atoms with van der Waals surface area (Å²) in [4.78, 5) is 8.97. The van der Waals surface area contributed by atoms with Gasteiger partial charge in [-0.3, -0.25) is 9.89 Å². The summed E-state index contributed by atoms with van der Waals surface area (Å²) in [6, 6.07) is 8.56. The fourth-order valence-corrected chi connectivity index (χ4v) is 2.65. The molecule has 1 heterocycles. The highest BCUT2D eigenvalue weighted by Gasteiger charge is 2.16. The molecule has 0 atom stereocenters. The molecule has 0 amide bonds. The standard InChI is InChI=1S/C16H27N5.HI/c1-3-20-8-10-21(11-9-20)13-15-7-5-4-6-14(15)12-19-16(17)18-2;/h4-7H,3,8-13H2,1-2H3,(H3,17,18,19);1H. The summed E-state index contributed by atoms with van der Waals surface area (Å²) in [5.74, 6) is 0.487. The van der Waals surface area contributed by atoms with E-state index in [2.05, 4.69) is 51.3 Å². The predicted octanol–water partition coefficient (Wildman–Crippen LogP) is 1.48. The molecule has 1 aliphatic rings. The van der Waals surface area contributed by atoms with E-state index in [4.69, 9.17) is 5.73 Å². The zero-order valence-electron chi connectivity index (χ0n) is 13.6. The third-order valence-electron chi connectivity index (χ3n) is 4.13. The van der Waals surface area contributed by atoms with Crippen molar-refractivity contribution < 1.29 is 0 Å². The number of nitrogens with two attached hydrogens (primary N) is 1. The normalized spacial score (nSPS) is 17.1. The van der Waals surface area contributed by atoms with E-state index in [-0.39, 0.29) is 24.0 Å². The van der Waals surface area contributed by atoms with Gasteiger partial charge in [0.05, 0.1) is 0 Å². The number of nitrogens with one attached hydrogen (secondary N) is 1. The molecule has 0 aromatic heterocycles. The van der Waals surface area contributed by atoms with Gasteiger partial charge in [0, 0.05) is 46.3 Å². The second-order valence-corrected chi connectivity index (χ2v) is 5.44. The Morgan fingerprint density at radius 1 is 1.14 bits per heavy atom. The fourth-order valence-electron chi connectivity index (χ4n) is 2.65. The molecule has 1 aromatic carbocycles. The molecule has 0 unspecified atom stereocenters. The monoisotopic (exact) mass is 417 g/mol. The van der Waals surface area contributed by atoms with E-state index < -0.39 is 0 Å². The van der Waals surface area contributed by atoms with Crippen molar-refractivity contribution in [1.82, 2.24) is 15.1 Å². The van der Waals surface area contributed by atoms with Crippen molar-refractivity contribution >= 4 is 29.9 Å². The molecule has 6 heteroatoms. The van der Waals surface area contributed by atoms with Gasteiger partial charge in [-0.2, -0.15) is 0 Å². The van der Waals surface area contributed by atoms with Gasteiger partial charge in [0.15, 0.2) is 5.96 Å². The first kappa shape index (κ1) is 19.2. The van der Waals surface area contributed by atoms with Gasteiger partial charge in [0.1, 0.15) is 0 Å². The molecular weight excluding hydrogens is 389 g/mol. The van der Waals surface area contributed by atoms with Crippen molar-refractivity contribution in [1.29, 1.82) is 0 Å². The van der Waals surface area contributed by atoms with Crippen molar-refractivity contribution in [3.05, 3.63) is 35.4 Å². The van der Waals surface area contributed by atoms with Crippen LogP contribution in [0, 0.1) is 0 Å². The lowest BCUT2D eigenvalue weighted by atomic mass is 10.1. The van der Waals surface area contributed by atoms with Crippen LogP contribution in [0.3, 0.4) is 0 Å². The minimum Gasteiger partial charge on any atom is -0.370 e. The Labute approximate surface area is 151 Å². The average Bonchev–Trinajstić information content (AvgIpc) is 2.54. The number of rotatable bonds is 5. The topological polar surface area (TPSA) is 56.9 Å². The second kappa shape index (κ2) is 10.0. The summed E-state index contributed by atoms with van der Waals surface area (Å²) in [5.41, 5.74) is 8.38. The van der Waals surface area contributed by atoms with Gasteiger partial charge in [-0.1, -0.05) is 31.2 Å². The quantitative estimate of drug-likeness (QED) is 0.433. The number of piperazine rings is 1. The number of nitrogens with zero attached hydrogens (tertiary/aromatic N) is 3. The Balaban J connectivity index is 0.00000242. The number of hydrogen-bond acceptors (Lipinski definition) is 3. The van der Waals surface area contributed by atoms with E-state index >= 15 is 0 Å². The number of likely N-dealkylation sites (N-methyl/N-ethyl adjacent to an activating group) is 1. The van der Waals surface area contributed by atoms with Gasteiger partial charge in [-0.25, -0.2) is 0 Å². The largest absolute Gasteiger partial charge is 0.370 e. The summed E-state index contributed by atoms with van der Waals surface area (Å²) >= 11 is 0. The van der Waals surface area contributed by atoms with Gasteiger partial charge in [-0.15, -0.1) is 24.0 Å². The highest BCUT2D eigenvalue weighted by molar-refractivity contribution is 14.0. The van der Waals surface area contributed by atoms with Crippen LogP contribution < -0.4 is 11.1 Å². The highest BCUT2D eigenvalue weighted by Crippen LogP contribution is 2.13. The molecule has 0 spiro atoms. The Morgan fingerprint density at radius 3 is 2.32 bits per heavy atom. The van der Waals surface area contributed by atoms with Crippen molar-refractivity contribution in [3.63, 3.8) is 0 Å². The van der Waals surface area contributed by atoms with Crippen molar-refractivity contribution in [3.8, 4) is 0 Å². The first-order valence-electron chi connectivity index (χ1n) is 7.70. The Morgan fingerprint density at radius 2 is 1.73 bits per heavy atom. The van der Waals surface area contributed by atoms with E-state index in [9.17, 15) is 0 Å². The first-order chi connectivity index (χ1) is 10.2. The lowest BCUT2D eigenvalue weighted by molar-refractivity contribution is 0.131. The Bertz CT molecular complexity index is 469. The summed E-state index contributed by atoms with van der Waals surface area (Å²) in [6.07, 6.45) is 0. The van der Waals surface area contributed by atoms with Crippen LogP contribution >= 0.6 is 24.0 Å². The summed E-state index contributed by atoms with van der Waals surface area (Å²) in [6.45, 7) is 9.77. The molecule has 2 rings (SSSR count). The van der Waals surface area contributed by atoms with E-state index in [1.807, 2.05) is 0 Å². The Hall–Kier alpha value is -0.860. The van der Waals surface area contributed by atoms with Crippen LogP contribution in [0.4, 0.5) is 0 Å². The maximum atomic E-state index is 5.71. The van der Waals surface area contributed by atoms with Crippen LogP contribution in [0.25, 0.3) is 0 Å². The van der Waals surface area contributed by atoms with Crippen LogP contribution in [0.15, 0.2) is 29.3 Å². The molecular formula is C16H28IN5. The zero-order valence-corrected chi connectivity index (χ0v) is 15.9.